The first-order chi connectivity index (χ1) is 16.4. The highest BCUT2D eigenvalue weighted by Crippen LogP contribution is 2.53. The summed E-state index contributed by atoms with van der Waals surface area (Å²) in [4.78, 5) is 31.4. The molecule has 0 amide bonds. The summed E-state index contributed by atoms with van der Waals surface area (Å²) >= 11 is 0. The van der Waals surface area contributed by atoms with E-state index in [1.54, 1.807) is 6.20 Å². The minimum absolute atomic E-state index is 0.167. The zero-order valence-corrected chi connectivity index (χ0v) is 19.2. The largest absolute Gasteiger partial charge is 0.468 e. The van der Waals surface area contributed by atoms with Crippen molar-refractivity contribution in [1.82, 2.24) is 4.98 Å². The Morgan fingerprint density at radius 3 is 2.79 bits per heavy atom. The summed E-state index contributed by atoms with van der Waals surface area (Å²) in [5, 5.41) is 4.48. The minimum Gasteiger partial charge on any atom is -0.468 e. The van der Waals surface area contributed by atoms with E-state index in [1.807, 2.05) is 56.3 Å². The van der Waals surface area contributed by atoms with Gasteiger partial charge in [0.15, 0.2) is 17.3 Å². The van der Waals surface area contributed by atoms with Gasteiger partial charge >= 0.3 is 5.97 Å². The van der Waals surface area contributed by atoms with Crippen LogP contribution in [-0.2, 0) is 14.3 Å². The lowest BCUT2D eigenvalue weighted by molar-refractivity contribution is -0.154. The van der Waals surface area contributed by atoms with Crippen molar-refractivity contribution in [3.05, 3.63) is 71.1 Å². The van der Waals surface area contributed by atoms with Gasteiger partial charge in [-0.3, -0.25) is 14.6 Å². The number of methoxy groups -OCH3 is 1. The van der Waals surface area contributed by atoms with Crippen molar-refractivity contribution in [3.8, 4) is 11.5 Å². The Bertz CT molecular complexity index is 1410. The number of carbonyl (C=O) groups excluding carboxylic acids is 2. The van der Waals surface area contributed by atoms with E-state index in [4.69, 9.17) is 14.2 Å². The number of nitrogens with zero attached hydrogens (tertiary/aromatic N) is 1. The average Bonchev–Trinajstić information content (AvgIpc) is 3.29. The molecule has 0 unspecified atom stereocenters. The number of ketones is 1. The molecule has 3 aromatic rings. The molecular formula is C27H24N2O5. The molecule has 3 heterocycles. The van der Waals surface area contributed by atoms with Crippen LogP contribution < -0.4 is 14.8 Å². The molecule has 1 aliphatic carbocycles. The second-order valence-corrected chi connectivity index (χ2v) is 9.65. The monoisotopic (exact) mass is 456 g/mol. The fourth-order valence-electron chi connectivity index (χ4n) is 5.61. The van der Waals surface area contributed by atoms with E-state index in [0.29, 0.717) is 23.5 Å². The van der Waals surface area contributed by atoms with E-state index in [0.717, 1.165) is 33.4 Å². The zero-order chi connectivity index (χ0) is 23.6. The highest BCUT2D eigenvalue weighted by molar-refractivity contribution is 6.13. The van der Waals surface area contributed by atoms with Crippen LogP contribution in [0.4, 0.5) is 5.69 Å². The molecule has 34 heavy (non-hydrogen) atoms. The number of hydrogen-bond acceptors (Lipinski definition) is 7. The highest BCUT2D eigenvalue weighted by atomic mass is 16.7. The standard InChI is InChI=1S/C27H24N2O5/c1-27(2)12-18-23(25(30)24(27)26(31)32-3)21(14-6-9-19-20(11-14)34-13-33-19)22-15-5-4-10-28-16(15)7-8-17(22)29-18/h4-11,21,24,29H,12-13H2,1-3H3/t21-,24+/m1/s1. The number of ether oxygens (including phenoxy) is 3. The quantitative estimate of drug-likeness (QED) is 0.447. The summed E-state index contributed by atoms with van der Waals surface area (Å²) in [5.41, 5.74) is 4.47. The summed E-state index contributed by atoms with van der Waals surface area (Å²) in [5.74, 6) is -0.675. The Labute approximate surface area is 196 Å². The van der Waals surface area contributed by atoms with Crippen molar-refractivity contribution >= 4 is 28.3 Å². The zero-order valence-electron chi connectivity index (χ0n) is 19.2. The van der Waals surface area contributed by atoms with Crippen molar-refractivity contribution in [1.29, 1.82) is 0 Å². The van der Waals surface area contributed by atoms with Crippen LogP contribution in [0.25, 0.3) is 10.9 Å². The van der Waals surface area contributed by atoms with Gasteiger partial charge in [0.05, 0.1) is 12.6 Å². The molecule has 0 spiro atoms. The number of Topliss-reactive ketones (excluding diaryl/α,β-unsaturated/α-hetero) is 1. The summed E-state index contributed by atoms with van der Waals surface area (Å²) in [7, 11) is 1.33. The van der Waals surface area contributed by atoms with E-state index >= 15 is 0 Å². The van der Waals surface area contributed by atoms with E-state index in [-0.39, 0.29) is 12.6 Å². The molecule has 7 nitrogen and oxygen atoms in total. The molecule has 172 valence electrons. The molecule has 0 bridgehead atoms. The number of anilines is 1. The van der Waals surface area contributed by atoms with Crippen LogP contribution in [-0.4, -0.2) is 30.6 Å². The smallest absolute Gasteiger partial charge is 0.317 e. The van der Waals surface area contributed by atoms with Gasteiger partial charge in [0.25, 0.3) is 0 Å². The van der Waals surface area contributed by atoms with Crippen LogP contribution in [0.1, 0.15) is 37.3 Å². The number of esters is 1. The molecular weight excluding hydrogens is 432 g/mol. The molecule has 6 rings (SSSR count). The molecule has 2 aliphatic heterocycles. The van der Waals surface area contributed by atoms with Gasteiger partial charge in [-0.1, -0.05) is 26.0 Å². The van der Waals surface area contributed by atoms with Crippen molar-refractivity contribution in [2.45, 2.75) is 26.2 Å². The predicted molar refractivity (Wildman–Crippen MR) is 126 cm³/mol. The van der Waals surface area contributed by atoms with E-state index in [9.17, 15) is 9.59 Å². The molecule has 0 radical (unpaired) electrons. The fraction of sp³-hybridized carbons (Fsp3) is 0.296. The van der Waals surface area contributed by atoms with Crippen LogP contribution in [0.3, 0.4) is 0 Å². The lowest BCUT2D eigenvalue weighted by atomic mass is 9.63. The van der Waals surface area contributed by atoms with Crippen molar-refractivity contribution in [2.75, 3.05) is 19.2 Å². The van der Waals surface area contributed by atoms with E-state index in [2.05, 4.69) is 10.3 Å². The van der Waals surface area contributed by atoms with Gasteiger partial charge in [0.1, 0.15) is 5.92 Å². The summed E-state index contributed by atoms with van der Waals surface area (Å²) < 4.78 is 16.2. The summed E-state index contributed by atoms with van der Waals surface area (Å²) in [6.45, 7) is 4.04. The number of nitrogens with one attached hydrogen (secondary N) is 1. The molecule has 0 fully saturated rings. The third kappa shape index (κ3) is 2.93. The molecule has 7 heteroatoms. The lowest BCUT2D eigenvalue weighted by Crippen LogP contribution is -2.45. The molecule has 0 saturated heterocycles. The minimum atomic E-state index is -0.885. The topological polar surface area (TPSA) is 86.8 Å². The number of aromatic nitrogens is 1. The average molecular weight is 456 g/mol. The maximum absolute atomic E-state index is 14.1. The number of carbonyl (C=O) groups is 2. The van der Waals surface area contributed by atoms with Crippen LogP contribution in [0, 0.1) is 11.3 Å². The van der Waals surface area contributed by atoms with Crippen LogP contribution in [0.15, 0.2) is 59.9 Å². The van der Waals surface area contributed by atoms with Crippen molar-refractivity contribution < 1.29 is 23.8 Å². The van der Waals surface area contributed by atoms with Gasteiger partial charge in [-0.25, -0.2) is 0 Å². The lowest BCUT2D eigenvalue weighted by Gasteiger charge is -2.43. The van der Waals surface area contributed by atoms with Gasteiger partial charge in [0.2, 0.25) is 6.79 Å². The molecule has 2 aromatic carbocycles. The van der Waals surface area contributed by atoms with Gasteiger partial charge in [-0.15, -0.1) is 0 Å². The number of benzene rings is 2. The van der Waals surface area contributed by atoms with Crippen molar-refractivity contribution in [2.24, 2.45) is 11.3 Å². The molecule has 2 atom stereocenters. The molecule has 3 aliphatic rings. The van der Waals surface area contributed by atoms with Crippen LogP contribution in [0.2, 0.25) is 0 Å². The van der Waals surface area contributed by atoms with Crippen LogP contribution >= 0.6 is 0 Å². The van der Waals surface area contributed by atoms with E-state index in [1.165, 1.54) is 7.11 Å². The second-order valence-electron chi connectivity index (χ2n) is 9.65. The Morgan fingerprint density at radius 1 is 1.15 bits per heavy atom. The SMILES string of the molecule is COC(=O)[C@@H]1C(=O)C2=C(CC1(C)C)Nc1ccc3ncccc3c1[C@H]2c1ccc2c(c1)OCO2. The Hall–Kier alpha value is -3.87. The Kier molecular flexibility index (Phi) is 4.46. The first kappa shape index (κ1) is 20.7. The van der Waals surface area contributed by atoms with Gasteiger partial charge in [0, 0.05) is 34.5 Å². The molecule has 0 saturated carbocycles. The van der Waals surface area contributed by atoms with E-state index < -0.39 is 23.2 Å². The Morgan fingerprint density at radius 2 is 1.97 bits per heavy atom. The third-order valence-corrected chi connectivity index (χ3v) is 7.12. The first-order valence-corrected chi connectivity index (χ1v) is 11.3. The van der Waals surface area contributed by atoms with Gasteiger partial charge < -0.3 is 19.5 Å². The predicted octanol–water partition coefficient (Wildman–Crippen LogP) is 4.56. The highest BCUT2D eigenvalue weighted by Gasteiger charge is 2.51. The maximum atomic E-state index is 14.1. The third-order valence-electron chi connectivity index (χ3n) is 7.12. The normalized spacial score (nSPS) is 22.1. The Balaban J connectivity index is 1.63. The number of allylic oxidation sites excluding steroid dienone is 2. The maximum Gasteiger partial charge on any atom is 0.317 e. The number of hydrogen-bond donors (Lipinski definition) is 1. The van der Waals surface area contributed by atoms with Gasteiger partial charge in [-0.05, 0) is 53.3 Å². The number of fused-ring (bicyclic) bond motifs is 4. The molecule has 1 N–H and O–H groups in total. The van der Waals surface area contributed by atoms with Crippen LogP contribution in [0.5, 0.6) is 11.5 Å². The fourth-order valence-corrected chi connectivity index (χ4v) is 5.61. The second kappa shape index (κ2) is 7.32. The summed E-state index contributed by atoms with van der Waals surface area (Å²) in [6.07, 6.45) is 2.30. The number of rotatable bonds is 2. The van der Waals surface area contributed by atoms with Crippen molar-refractivity contribution in [3.63, 3.8) is 0 Å². The summed E-state index contributed by atoms with van der Waals surface area (Å²) in [6, 6.07) is 13.7. The first-order valence-electron chi connectivity index (χ1n) is 11.3. The van der Waals surface area contributed by atoms with Gasteiger partial charge in [-0.2, -0.15) is 0 Å². The number of pyridine rings is 1. The molecule has 1 aromatic heterocycles.